The molecule has 1 aliphatic heterocycles. The molecule has 4 rings (SSSR count). The molecule has 1 amide bonds. The van der Waals surface area contributed by atoms with E-state index in [1.165, 1.54) is 36.7 Å². The van der Waals surface area contributed by atoms with E-state index in [0.29, 0.717) is 24.1 Å². The van der Waals surface area contributed by atoms with Crippen molar-refractivity contribution in [1.29, 1.82) is 0 Å². The number of amides is 1. The minimum Gasteiger partial charge on any atom is -0.348 e. The molecule has 0 spiro atoms. The molecule has 0 bridgehead atoms. The van der Waals surface area contributed by atoms with Gasteiger partial charge >= 0.3 is 6.18 Å². The highest BCUT2D eigenvalue weighted by atomic mass is 32.2. The minimum atomic E-state index is -4.42. The molecule has 12 heteroatoms. The normalized spacial score (nSPS) is 18.0. The lowest BCUT2D eigenvalue weighted by molar-refractivity contribution is -0.137. The molecule has 1 aliphatic rings. The van der Waals surface area contributed by atoms with Crippen LogP contribution in [0.5, 0.6) is 0 Å². The molecule has 1 unspecified atom stereocenters. The lowest BCUT2D eigenvalue weighted by atomic mass is 9.95. The number of benzene rings is 2. The zero-order chi connectivity index (χ0) is 27.5. The van der Waals surface area contributed by atoms with E-state index in [1.807, 2.05) is 0 Å². The van der Waals surface area contributed by atoms with E-state index in [2.05, 4.69) is 15.3 Å². The number of aromatic nitrogens is 2. The van der Waals surface area contributed by atoms with E-state index in [4.69, 9.17) is 0 Å². The van der Waals surface area contributed by atoms with Crippen LogP contribution in [0.25, 0.3) is 0 Å². The van der Waals surface area contributed by atoms with Crippen molar-refractivity contribution in [1.82, 2.24) is 15.3 Å². The van der Waals surface area contributed by atoms with Crippen LogP contribution >= 0.6 is 0 Å². The van der Waals surface area contributed by atoms with Crippen LogP contribution in [-0.4, -0.2) is 49.3 Å². The summed E-state index contributed by atoms with van der Waals surface area (Å²) >= 11 is 0. The Morgan fingerprint density at radius 1 is 1.05 bits per heavy atom. The van der Waals surface area contributed by atoms with Gasteiger partial charge in [-0.25, -0.2) is 22.8 Å². The van der Waals surface area contributed by atoms with Crippen LogP contribution in [0.1, 0.15) is 46.3 Å². The maximum atomic E-state index is 13.8. The molecule has 1 aromatic heterocycles. The SMILES string of the molecule is CCS(=O)(=O)c1ccc(CNC(=O)c2cnc(N3CC(c4ccc(C(F)(F)F)cc4)C[C@H]3CF)nc2)cc1. The van der Waals surface area contributed by atoms with Crippen molar-refractivity contribution in [2.75, 3.05) is 23.9 Å². The van der Waals surface area contributed by atoms with Crippen LogP contribution in [0.3, 0.4) is 0 Å². The van der Waals surface area contributed by atoms with E-state index in [9.17, 15) is 30.8 Å². The first-order valence-electron chi connectivity index (χ1n) is 11.9. The lowest BCUT2D eigenvalue weighted by Crippen LogP contribution is -2.32. The van der Waals surface area contributed by atoms with Gasteiger partial charge in [0, 0.05) is 31.4 Å². The average Bonchev–Trinajstić information content (AvgIpc) is 3.36. The summed E-state index contributed by atoms with van der Waals surface area (Å²) in [4.78, 5) is 22.9. The molecule has 2 heterocycles. The van der Waals surface area contributed by atoms with Crippen LogP contribution in [-0.2, 0) is 22.6 Å². The topological polar surface area (TPSA) is 92.3 Å². The Labute approximate surface area is 217 Å². The zero-order valence-electron chi connectivity index (χ0n) is 20.5. The maximum absolute atomic E-state index is 13.8. The third-order valence-electron chi connectivity index (χ3n) is 6.57. The van der Waals surface area contributed by atoms with Gasteiger partial charge in [0.25, 0.3) is 5.91 Å². The second-order valence-corrected chi connectivity index (χ2v) is 11.3. The molecule has 2 atom stereocenters. The largest absolute Gasteiger partial charge is 0.416 e. The highest BCUT2D eigenvalue weighted by molar-refractivity contribution is 7.91. The highest BCUT2D eigenvalue weighted by Crippen LogP contribution is 2.36. The summed E-state index contributed by atoms with van der Waals surface area (Å²) in [5.74, 6) is -0.402. The Hall–Kier alpha value is -3.54. The molecule has 3 aromatic rings. The first kappa shape index (κ1) is 27.5. The smallest absolute Gasteiger partial charge is 0.348 e. The van der Waals surface area contributed by atoms with Gasteiger partial charge in [-0.05, 0) is 41.8 Å². The zero-order valence-corrected chi connectivity index (χ0v) is 21.3. The summed E-state index contributed by atoms with van der Waals surface area (Å²) in [5, 5.41) is 2.72. The van der Waals surface area contributed by atoms with Crippen molar-refractivity contribution in [3.8, 4) is 0 Å². The molecule has 0 aliphatic carbocycles. The molecule has 7 nitrogen and oxygen atoms in total. The summed E-state index contributed by atoms with van der Waals surface area (Å²) in [7, 11) is -3.31. The first-order chi connectivity index (χ1) is 18.0. The number of hydrogen-bond acceptors (Lipinski definition) is 6. The number of carbonyl (C=O) groups excluding carboxylic acids is 1. The van der Waals surface area contributed by atoms with Gasteiger partial charge in [0.2, 0.25) is 5.95 Å². The number of alkyl halides is 4. The Morgan fingerprint density at radius 3 is 2.24 bits per heavy atom. The standard InChI is InChI=1S/C26H26F4N4O3S/c1-2-38(36,37)23-9-3-17(4-10-23)13-31-24(35)20-14-32-25(33-15-20)34-16-19(11-22(34)12-27)18-5-7-21(8-6-18)26(28,29)30/h3-10,14-15,19,22H,2,11-13,16H2,1H3,(H,31,35)/t19?,22-/m0/s1. The minimum absolute atomic E-state index is 0.00169. The molecule has 38 heavy (non-hydrogen) atoms. The van der Waals surface area contributed by atoms with Crippen LogP contribution in [0, 0.1) is 0 Å². The maximum Gasteiger partial charge on any atom is 0.416 e. The van der Waals surface area contributed by atoms with Gasteiger partial charge in [-0.3, -0.25) is 4.79 Å². The molecule has 1 N–H and O–H groups in total. The highest BCUT2D eigenvalue weighted by Gasteiger charge is 2.35. The second-order valence-electron chi connectivity index (χ2n) is 9.01. The summed E-state index contributed by atoms with van der Waals surface area (Å²) < 4.78 is 76.2. The van der Waals surface area contributed by atoms with E-state index >= 15 is 0 Å². The average molecular weight is 551 g/mol. The van der Waals surface area contributed by atoms with Gasteiger partial charge in [0.05, 0.1) is 27.8 Å². The van der Waals surface area contributed by atoms with Gasteiger partial charge in [0.15, 0.2) is 9.84 Å². The van der Waals surface area contributed by atoms with Gasteiger partial charge in [-0.2, -0.15) is 13.2 Å². The molecule has 0 saturated carbocycles. The van der Waals surface area contributed by atoms with Crippen LogP contribution in [0.15, 0.2) is 65.8 Å². The third kappa shape index (κ3) is 6.12. The number of rotatable bonds is 8. The number of nitrogens with zero attached hydrogens (tertiary/aromatic N) is 3. The van der Waals surface area contributed by atoms with E-state index in [1.54, 1.807) is 24.0 Å². The number of sulfone groups is 1. The molecule has 1 fully saturated rings. The van der Waals surface area contributed by atoms with Crippen LogP contribution in [0.2, 0.25) is 0 Å². The van der Waals surface area contributed by atoms with E-state index < -0.39 is 40.2 Å². The number of halogens is 4. The monoisotopic (exact) mass is 550 g/mol. The Morgan fingerprint density at radius 2 is 1.68 bits per heavy atom. The molecule has 202 valence electrons. The number of nitrogens with one attached hydrogen (secondary N) is 1. The first-order valence-corrected chi connectivity index (χ1v) is 13.6. The number of anilines is 1. The summed E-state index contributed by atoms with van der Waals surface area (Å²) in [5.41, 5.74) is 0.837. The van der Waals surface area contributed by atoms with Gasteiger partial charge in [-0.1, -0.05) is 31.2 Å². The Balaban J connectivity index is 1.38. The summed E-state index contributed by atoms with van der Waals surface area (Å²) in [6, 6.07) is 10.6. The predicted octanol–water partition coefficient (Wildman–Crippen LogP) is 4.55. The van der Waals surface area contributed by atoms with E-state index in [0.717, 1.165) is 12.1 Å². The molecular weight excluding hydrogens is 524 g/mol. The lowest BCUT2D eigenvalue weighted by Gasteiger charge is -2.22. The van der Waals surface area contributed by atoms with Crippen molar-refractivity contribution in [3.05, 3.63) is 83.2 Å². The number of hydrogen-bond donors (Lipinski definition) is 1. The number of carbonyl (C=O) groups is 1. The van der Waals surface area contributed by atoms with Crippen molar-refractivity contribution in [2.24, 2.45) is 0 Å². The van der Waals surface area contributed by atoms with Gasteiger partial charge in [0.1, 0.15) is 6.67 Å². The summed E-state index contributed by atoms with van der Waals surface area (Å²) in [6.45, 7) is 1.38. The quantitative estimate of drug-likeness (QED) is 0.414. The molecule has 1 saturated heterocycles. The Bertz CT molecular complexity index is 1360. The van der Waals surface area contributed by atoms with Crippen molar-refractivity contribution in [2.45, 2.75) is 42.9 Å². The fourth-order valence-corrected chi connectivity index (χ4v) is 5.23. The van der Waals surface area contributed by atoms with Gasteiger partial charge < -0.3 is 10.2 Å². The van der Waals surface area contributed by atoms with Crippen LogP contribution in [0.4, 0.5) is 23.5 Å². The van der Waals surface area contributed by atoms with Gasteiger partial charge in [-0.15, -0.1) is 0 Å². The predicted molar refractivity (Wildman–Crippen MR) is 133 cm³/mol. The molecular formula is C26H26F4N4O3S. The fraction of sp³-hybridized carbons (Fsp3) is 0.346. The summed E-state index contributed by atoms with van der Waals surface area (Å²) in [6.07, 6.45) is -1.37. The van der Waals surface area contributed by atoms with Crippen molar-refractivity contribution < 1.29 is 30.8 Å². The van der Waals surface area contributed by atoms with E-state index in [-0.39, 0.29) is 34.6 Å². The third-order valence-corrected chi connectivity index (χ3v) is 8.33. The molecule has 0 radical (unpaired) electrons. The second kappa shape index (κ2) is 11.1. The Kier molecular flexibility index (Phi) is 8.00. The fourth-order valence-electron chi connectivity index (χ4n) is 4.35. The molecule has 2 aromatic carbocycles. The van der Waals surface area contributed by atoms with Crippen LogP contribution < -0.4 is 10.2 Å². The van der Waals surface area contributed by atoms with Crippen molar-refractivity contribution >= 4 is 21.7 Å². The van der Waals surface area contributed by atoms with Crippen molar-refractivity contribution in [3.63, 3.8) is 0 Å².